The summed E-state index contributed by atoms with van der Waals surface area (Å²) in [7, 11) is 0. The van der Waals surface area contributed by atoms with Crippen molar-refractivity contribution in [2.75, 3.05) is 13.1 Å². The summed E-state index contributed by atoms with van der Waals surface area (Å²) in [6.45, 7) is 6.56. The Morgan fingerprint density at radius 3 is 2.52 bits per heavy atom. The first-order chi connectivity index (χ1) is 11.8. The Kier molecular flexibility index (Phi) is 5.21. The summed E-state index contributed by atoms with van der Waals surface area (Å²) in [4.78, 5) is 48.9. The van der Waals surface area contributed by atoms with E-state index in [-0.39, 0.29) is 6.54 Å². The van der Waals surface area contributed by atoms with E-state index < -0.39 is 36.0 Å². The monoisotopic (exact) mass is 344 g/mol. The zero-order valence-corrected chi connectivity index (χ0v) is 14.1. The lowest BCUT2D eigenvalue weighted by atomic mass is 9.91. The summed E-state index contributed by atoms with van der Waals surface area (Å²) >= 11 is 0. The third-order valence-corrected chi connectivity index (χ3v) is 3.87. The molecule has 8 nitrogen and oxygen atoms in total. The first-order valence-corrected chi connectivity index (χ1v) is 7.67. The highest BCUT2D eigenvalue weighted by atomic mass is 16.2. The van der Waals surface area contributed by atoms with Crippen molar-refractivity contribution in [2.45, 2.75) is 19.4 Å². The number of hydrogen-bond donors (Lipinski definition) is 3. The van der Waals surface area contributed by atoms with E-state index in [1.165, 1.54) is 6.08 Å². The van der Waals surface area contributed by atoms with Gasteiger partial charge in [0.2, 0.25) is 5.91 Å². The van der Waals surface area contributed by atoms with Gasteiger partial charge in [0.25, 0.3) is 5.91 Å². The number of nitrogens with one attached hydrogen (secondary N) is 3. The average Bonchev–Trinajstić information content (AvgIpc) is 2.77. The van der Waals surface area contributed by atoms with Gasteiger partial charge in [-0.2, -0.15) is 0 Å². The number of rotatable bonds is 5. The van der Waals surface area contributed by atoms with Crippen LogP contribution < -0.4 is 16.0 Å². The Labute approximate surface area is 145 Å². The minimum atomic E-state index is -1.25. The highest BCUT2D eigenvalue weighted by Gasteiger charge is 2.49. The maximum Gasteiger partial charge on any atom is 0.325 e. The zero-order valence-electron chi connectivity index (χ0n) is 14.1. The van der Waals surface area contributed by atoms with Crippen LogP contribution in [0.4, 0.5) is 9.59 Å². The van der Waals surface area contributed by atoms with Gasteiger partial charge in [0.05, 0.1) is 0 Å². The van der Waals surface area contributed by atoms with E-state index >= 15 is 0 Å². The standard InChI is InChI=1S/C17H20N4O4/c1-4-9-18-15(24)19-13(22)10-21-14(23)17(3,20-16(21)25)12-7-5-11(2)6-8-12/h4-8H,1,9-10H2,2-3H3,(H,20,25)(H2,18,19,22,24)/t17-/m1/s1. The van der Waals surface area contributed by atoms with Gasteiger partial charge in [-0.1, -0.05) is 35.9 Å². The highest BCUT2D eigenvalue weighted by Crippen LogP contribution is 2.28. The van der Waals surface area contributed by atoms with Crippen LogP contribution in [-0.2, 0) is 15.1 Å². The fraction of sp³-hybridized carbons (Fsp3) is 0.294. The Hall–Kier alpha value is -3.16. The fourth-order valence-corrected chi connectivity index (χ4v) is 2.44. The Morgan fingerprint density at radius 1 is 1.28 bits per heavy atom. The number of imide groups is 2. The van der Waals surface area contributed by atoms with E-state index in [2.05, 4.69) is 17.2 Å². The first kappa shape index (κ1) is 18.2. The minimum absolute atomic E-state index is 0.188. The predicted octanol–water partition coefficient (Wildman–Crippen LogP) is 0.774. The molecule has 8 heteroatoms. The smallest absolute Gasteiger partial charge is 0.325 e. The molecule has 132 valence electrons. The van der Waals surface area contributed by atoms with E-state index in [4.69, 9.17) is 0 Å². The number of benzene rings is 1. The van der Waals surface area contributed by atoms with Crippen LogP contribution >= 0.6 is 0 Å². The van der Waals surface area contributed by atoms with Crippen LogP contribution in [0, 0.1) is 6.92 Å². The maximum absolute atomic E-state index is 12.7. The van der Waals surface area contributed by atoms with Crippen LogP contribution in [0.2, 0.25) is 0 Å². The van der Waals surface area contributed by atoms with Crippen LogP contribution in [0.1, 0.15) is 18.1 Å². The van der Waals surface area contributed by atoms with Gasteiger partial charge in [-0.25, -0.2) is 9.59 Å². The molecule has 0 aliphatic carbocycles. The van der Waals surface area contributed by atoms with Crippen LogP contribution in [0.3, 0.4) is 0 Å². The van der Waals surface area contributed by atoms with Crippen molar-refractivity contribution in [1.82, 2.24) is 20.9 Å². The lowest BCUT2D eigenvalue weighted by Gasteiger charge is -2.22. The maximum atomic E-state index is 12.7. The minimum Gasteiger partial charge on any atom is -0.334 e. The molecule has 25 heavy (non-hydrogen) atoms. The molecular formula is C17H20N4O4. The first-order valence-electron chi connectivity index (χ1n) is 7.67. The van der Waals surface area contributed by atoms with Crippen molar-refractivity contribution in [2.24, 2.45) is 0 Å². The van der Waals surface area contributed by atoms with E-state index in [0.29, 0.717) is 5.56 Å². The molecule has 0 saturated carbocycles. The molecule has 0 spiro atoms. The molecule has 0 unspecified atom stereocenters. The molecule has 1 heterocycles. The van der Waals surface area contributed by atoms with Gasteiger partial charge in [-0.15, -0.1) is 6.58 Å². The SMILES string of the molecule is C=CCNC(=O)NC(=O)CN1C(=O)N[C@](C)(c2ccc(C)cc2)C1=O. The summed E-state index contributed by atoms with van der Waals surface area (Å²) in [5.74, 6) is -1.32. The van der Waals surface area contributed by atoms with Crippen molar-refractivity contribution in [1.29, 1.82) is 0 Å². The number of aryl methyl sites for hydroxylation is 1. The highest BCUT2D eigenvalue weighted by molar-refractivity contribution is 6.10. The summed E-state index contributed by atoms with van der Waals surface area (Å²) < 4.78 is 0. The lowest BCUT2D eigenvalue weighted by molar-refractivity contribution is -0.134. The van der Waals surface area contributed by atoms with Crippen LogP contribution in [0.15, 0.2) is 36.9 Å². The predicted molar refractivity (Wildman–Crippen MR) is 90.5 cm³/mol. The molecule has 1 aliphatic rings. The second-order valence-corrected chi connectivity index (χ2v) is 5.86. The molecule has 1 aromatic rings. The second kappa shape index (κ2) is 7.16. The van der Waals surface area contributed by atoms with E-state index in [1.807, 2.05) is 24.4 Å². The number of carbonyl (C=O) groups is 4. The molecule has 1 saturated heterocycles. The van der Waals surface area contributed by atoms with E-state index in [9.17, 15) is 19.2 Å². The quantitative estimate of drug-likeness (QED) is 0.542. The number of hydrogen-bond acceptors (Lipinski definition) is 4. The third-order valence-electron chi connectivity index (χ3n) is 3.87. The molecule has 0 radical (unpaired) electrons. The molecule has 0 bridgehead atoms. The van der Waals surface area contributed by atoms with Gasteiger partial charge in [0.15, 0.2) is 0 Å². The average molecular weight is 344 g/mol. The van der Waals surface area contributed by atoms with E-state index in [1.54, 1.807) is 19.1 Å². The summed E-state index contributed by atoms with van der Waals surface area (Å²) in [5, 5.41) is 7.01. The molecule has 1 aliphatic heterocycles. The number of nitrogens with zero attached hydrogens (tertiary/aromatic N) is 1. The Bertz CT molecular complexity index is 729. The normalized spacial score (nSPS) is 19.4. The van der Waals surface area contributed by atoms with Crippen molar-refractivity contribution in [3.63, 3.8) is 0 Å². The summed E-state index contributed by atoms with van der Waals surface area (Å²) in [6, 6.07) is 5.76. The van der Waals surface area contributed by atoms with Crippen molar-refractivity contribution in [3.8, 4) is 0 Å². The van der Waals surface area contributed by atoms with Crippen molar-refractivity contribution >= 4 is 23.9 Å². The molecule has 1 fully saturated rings. The van der Waals surface area contributed by atoms with Crippen LogP contribution in [0.5, 0.6) is 0 Å². The van der Waals surface area contributed by atoms with Crippen molar-refractivity contribution < 1.29 is 19.2 Å². The Balaban J connectivity index is 2.08. The second-order valence-electron chi connectivity index (χ2n) is 5.86. The third kappa shape index (κ3) is 3.85. The van der Waals surface area contributed by atoms with Gasteiger partial charge < -0.3 is 10.6 Å². The Morgan fingerprint density at radius 2 is 1.92 bits per heavy atom. The van der Waals surface area contributed by atoms with Gasteiger partial charge in [0.1, 0.15) is 12.1 Å². The van der Waals surface area contributed by atoms with Gasteiger partial charge >= 0.3 is 12.1 Å². The summed E-state index contributed by atoms with van der Waals surface area (Å²) in [5.41, 5.74) is 0.380. The van der Waals surface area contributed by atoms with Crippen LogP contribution in [0.25, 0.3) is 0 Å². The lowest BCUT2D eigenvalue weighted by Crippen LogP contribution is -2.46. The fourth-order valence-electron chi connectivity index (χ4n) is 2.44. The number of urea groups is 2. The van der Waals surface area contributed by atoms with Crippen LogP contribution in [-0.4, -0.2) is 41.9 Å². The van der Waals surface area contributed by atoms with E-state index in [0.717, 1.165) is 10.5 Å². The van der Waals surface area contributed by atoms with Crippen molar-refractivity contribution in [3.05, 3.63) is 48.0 Å². The molecule has 1 atom stereocenters. The van der Waals surface area contributed by atoms with Gasteiger partial charge in [-0.3, -0.25) is 19.8 Å². The van der Waals surface area contributed by atoms with Gasteiger partial charge in [-0.05, 0) is 19.4 Å². The molecule has 2 rings (SSSR count). The largest absolute Gasteiger partial charge is 0.334 e. The molecule has 0 aromatic heterocycles. The number of carbonyl (C=O) groups excluding carboxylic acids is 4. The molecular weight excluding hydrogens is 324 g/mol. The molecule has 1 aromatic carbocycles. The zero-order chi connectivity index (χ0) is 18.6. The molecule has 6 amide bonds. The number of amides is 6. The molecule has 3 N–H and O–H groups in total. The topological polar surface area (TPSA) is 108 Å². The van der Waals surface area contributed by atoms with Gasteiger partial charge in [0, 0.05) is 6.54 Å². The summed E-state index contributed by atoms with van der Waals surface area (Å²) in [6.07, 6.45) is 1.45.